The molecule has 0 saturated carbocycles. The van der Waals surface area contributed by atoms with Crippen LogP contribution >= 0.6 is 15.9 Å². The maximum atomic E-state index is 5.31. The third kappa shape index (κ3) is 4.10. The molecule has 3 aromatic rings. The molecule has 0 aliphatic rings. The van der Waals surface area contributed by atoms with Crippen LogP contribution in [-0.2, 0) is 6.54 Å². The van der Waals surface area contributed by atoms with Crippen LogP contribution in [0.2, 0.25) is 0 Å². The van der Waals surface area contributed by atoms with E-state index in [1.54, 1.807) is 6.26 Å². The molecule has 0 atom stereocenters. The Hall–Kier alpha value is -2.34. The number of anilines is 3. The van der Waals surface area contributed by atoms with Gasteiger partial charge in [0, 0.05) is 16.2 Å². The zero-order valence-electron chi connectivity index (χ0n) is 12.9. The third-order valence-corrected chi connectivity index (χ3v) is 4.16. The SMILES string of the molecule is Cc1nc(NCc2ccco2)cc(Nc2ccc(C)c(Br)c2)n1. The molecule has 2 aromatic heterocycles. The van der Waals surface area contributed by atoms with E-state index in [0.29, 0.717) is 12.4 Å². The molecule has 0 radical (unpaired) electrons. The van der Waals surface area contributed by atoms with Gasteiger partial charge in [0.15, 0.2) is 0 Å². The number of furan rings is 1. The van der Waals surface area contributed by atoms with Crippen LogP contribution in [0.15, 0.2) is 51.6 Å². The fourth-order valence-electron chi connectivity index (χ4n) is 2.13. The van der Waals surface area contributed by atoms with Crippen molar-refractivity contribution in [3.05, 3.63) is 64.3 Å². The van der Waals surface area contributed by atoms with Gasteiger partial charge in [-0.15, -0.1) is 0 Å². The minimum Gasteiger partial charge on any atom is -0.467 e. The van der Waals surface area contributed by atoms with E-state index in [2.05, 4.69) is 49.5 Å². The minimum absolute atomic E-state index is 0.582. The Morgan fingerprint density at radius 2 is 1.91 bits per heavy atom. The van der Waals surface area contributed by atoms with Crippen LogP contribution in [0, 0.1) is 13.8 Å². The lowest BCUT2D eigenvalue weighted by atomic mass is 10.2. The summed E-state index contributed by atoms with van der Waals surface area (Å²) in [7, 11) is 0. The summed E-state index contributed by atoms with van der Waals surface area (Å²) >= 11 is 3.54. The highest BCUT2D eigenvalue weighted by Gasteiger charge is 2.04. The molecule has 0 saturated heterocycles. The molecule has 6 heteroatoms. The maximum Gasteiger partial charge on any atom is 0.136 e. The number of halogens is 1. The van der Waals surface area contributed by atoms with Crippen LogP contribution in [0.4, 0.5) is 17.3 Å². The first kappa shape index (κ1) is 15.6. The van der Waals surface area contributed by atoms with E-state index >= 15 is 0 Å². The van der Waals surface area contributed by atoms with Crippen molar-refractivity contribution in [1.29, 1.82) is 0 Å². The average molecular weight is 373 g/mol. The van der Waals surface area contributed by atoms with E-state index in [1.165, 1.54) is 5.56 Å². The molecule has 3 rings (SSSR count). The number of nitrogens with one attached hydrogen (secondary N) is 2. The van der Waals surface area contributed by atoms with Crippen molar-refractivity contribution in [3.8, 4) is 0 Å². The second-order valence-corrected chi connectivity index (χ2v) is 6.06. The van der Waals surface area contributed by atoms with Crippen molar-refractivity contribution >= 4 is 33.3 Å². The molecule has 2 N–H and O–H groups in total. The molecule has 2 heterocycles. The lowest BCUT2D eigenvalue weighted by Crippen LogP contribution is -2.04. The Bertz CT molecular complexity index is 802. The van der Waals surface area contributed by atoms with Gasteiger partial charge >= 0.3 is 0 Å². The predicted molar refractivity (Wildman–Crippen MR) is 95.0 cm³/mol. The van der Waals surface area contributed by atoms with Gasteiger partial charge in [-0.3, -0.25) is 0 Å². The van der Waals surface area contributed by atoms with Crippen LogP contribution < -0.4 is 10.6 Å². The summed E-state index contributed by atoms with van der Waals surface area (Å²) in [5, 5.41) is 6.54. The second kappa shape index (κ2) is 6.83. The van der Waals surface area contributed by atoms with Crippen LogP contribution in [0.25, 0.3) is 0 Å². The molecule has 5 nitrogen and oxygen atoms in total. The minimum atomic E-state index is 0.582. The van der Waals surface area contributed by atoms with Crippen molar-refractivity contribution in [2.75, 3.05) is 10.6 Å². The van der Waals surface area contributed by atoms with E-state index < -0.39 is 0 Å². The Morgan fingerprint density at radius 3 is 2.65 bits per heavy atom. The van der Waals surface area contributed by atoms with Gasteiger partial charge in [0.1, 0.15) is 23.2 Å². The first-order chi connectivity index (χ1) is 11.1. The van der Waals surface area contributed by atoms with Crippen molar-refractivity contribution < 1.29 is 4.42 Å². The number of nitrogens with zero attached hydrogens (tertiary/aromatic N) is 2. The van der Waals surface area contributed by atoms with E-state index in [1.807, 2.05) is 37.3 Å². The van der Waals surface area contributed by atoms with E-state index in [4.69, 9.17) is 4.42 Å². The highest BCUT2D eigenvalue weighted by molar-refractivity contribution is 9.10. The average Bonchev–Trinajstić information content (AvgIpc) is 3.02. The maximum absolute atomic E-state index is 5.31. The zero-order valence-corrected chi connectivity index (χ0v) is 14.5. The van der Waals surface area contributed by atoms with Crippen LogP contribution in [0.3, 0.4) is 0 Å². The molecule has 0 amide bonds. The Morgan fingerprint density at radius 1 is 1.09 bits per heavy atom. The zero-order chi connectivity index (χ0) is 16.2. The number of aromatic nitrogens is 2. The van der Waals surface area contributed by atoms with Gasteiger partial charge in [0.25, 0.3) is 0 Å². The summed E-state index contributed by atoms with van der Waals surface area (Å²) in [4.78, 5) is 8.82. The first-order valence-electron chi connectivity index (χ1n) is 7.25. The molecule has 0 aliphatic heterocycles. The first-order valence-corrected chi connectivity index (χ1v) is 8.04. The number of hydrogen-bond acceptors (Lipinski definition) is 5. The topological polar surface area (TPSA) is 63.0 Å². The smallest absolute Gasteiger partial charge is 0.136 e. The monoisotopic (exact) mass is 372 g/mol. The second-order valence-electron chi connectivity index (χ2n) is 5.21. The van der Waals surface area contributed by atoms with Gasteiger partial charge < -0.3 is 15.1 Å². The van der Waals surface area contributed by atoms with Gasteiger partial charge in [0.2, 0.25) is 0 Å². The molecular weight excluding hydrogens is 356 g/mol. The van der Waals surface area contributed by atoms with Crippen molar-refractivity contribution in [1.82, 2.24) is 9.97 Å². The summed E-state index contributed by atoms with van der Waals surface area (Å²) in [6.45, 7) is 4.51. The number of benzene rings is 1. The normalized spacial score (nSPS) is 10.6. The molecule has 1 aromatic carbocycles. The number of hydrogen-bond donors (Lipinski definition) is 2. The molecule has 0 aliphatic carbocycles. The van der Waals surface area contributed by atoms with Gasteiger partial charge in [-0.1, -0.05) is 22.0 Å². The quantitative estimate of drug-likeness (QED) is 0.672. The molecule has 0 unspecified atom stereocenters. The molecular formula is C17H17BrN4O. The Labute approximate surface area is 143 Å². The number of rotatable bonds is 5. The Balaban J connectivity index is 1.75. The molecule has 0 fully saturated rings. The molecule has 118 valence electrons. The predicted octanol–water partition coefficient (Wildman–Crippen LogP) is 4.80. The van der Waals surface area contributed by atoms with Gasteiger partial charge in [-0.25, -0.2) is 9.97 Å². The fourth-order valence-corrected chi connectivity index (χ4v) is 2.51. The molecule has 0 spiro atoms. The van der Waals surface area contributed by atoms with Crippen LogP contribution in [0.1, 0.15) is 17.1 Å². The van der Waals surface area contributed by atoms with Crippen LogP contribution in [0.5, 0.6) is 0 Å². The van der Waals surface area contributed by atoms with Gasteiger partial charge in [0.05, 0.1) is 12.8 Å². The van der Waals surface area contributed by atoms with Crippen LogP contribution in [-0.4, -0.2) is 9.97 Å². The van der Waals surface area contributed by atoms with E-state index in [-0.39, 0.29) is 0 Å². The third-order valence-electron chi connectivity index (χ3n) is 3.31. The summed E-state index contributed by atoms with van der Waals surface area (Å²) in [5.41, 5.74) is 2.16. The van der Waals surface area contributed by atoms with Gasteiger partial charge in [-0.05, 0) is 43.7 Å². The fraction of sp³-hybridized carbons (Fsp3) is 0.176. The largest absolute Gasteiger partial charge is 0.467 e. The standard InChI is InChI=1S/C17H17BrN4O/c1-11-5-6-13(8-15(11)18)22-17-9-16(20-12(2)21-17)19-10-14-4-3-7-23-14/h3-9H,10H2,1-2H3,(H2,19,20,21,22). The molecule has 23 heavy (non-hydrogen) atoms. The van der Waals surface area contributed by atoms with E-state index in [9.17, 15) is 0 Å². The van der Waals surface area contributed by atoms with Crippen molar-refractivity contribution in [2.24, 2.45) is 0 Å². The highest BCUT2D eigenvalue weighted by atomic mass is 79.9. The Kier molecular flexibility index (Phi) is 4.62. The molecule has 0 bridgehead atoms. The van der Waals surface area contributed by atoms with E-state index in [0.717, 1.165) is 27.6 Å². The van der Waals surface area contributed by atoms with Gasteiger partial charge in [-0.2, -0.15) is 0 Å². The highest BCUT2D eigenvalue weighted by Crippen LogP contribution is 2.23. The summed E-state index contributed by atoms with van der Waals surface area (Å²) < 4.78 is 6.37. The summed E-state index contributed by atoms with van der Waals surface area (Å²) in [6, 6.07) is 11.8. The lowest BCUT2D eigenvalue weighted by Gasteiger charge is -2.10. The number of aryl methyl sites for hydroxylation is 2. The lowest BCUT2D eigenvalue weighted by molar-refractivity contribution is 0.518. The summed E-state index contributed by atoms with van der Waals surface area (Å²) in [6.07, 6.45) is 1.66. The van der Waals surface area contributed by atoms with Crippen molar-refractivity contribution in [2.45, 2.75) is 20.4 Å². The van der Waals surface area contributed by atoms with Crippen molar-refractivity contribution in [3.63, 3.8) is 0 Å². The summed E-state index contributed by atoms with van der Waals surface area (Å²) in [5.74, 6) is 3.05.